The minimum absolute atomic E-state index is 0.0867. The second-order valence-electron chi connectivity index (χ2n) is 13.9. The standard InChI is InChI=1S/C44H86O7/c1-7-13-19-29-39-49-43(33-27-23-21-25-31-41(45-35-15-9-3)46-36-16-10-4)51-44(50-40-30-20-14-8-2)34-28-24-22-26-32-42(47-37-17-11-5)48-38-18-12-6/h27-28,33-34,41-44H,7-26,29-32,35-40H2,1-6H3. The highest BCUT2D eigenvalue weighted by molar-refractivity contribution is 4.90. The molecule has 0 heterocycles. The number of allylic oxidation sites excluding steroid dienone is 2. The van der Waals surface area contributed by atoms with Gasteiger partial charge in [-0.1, -0.05) is 118 Å². The van der Waals surface area contributed by atoms with Crippen molar-refractivity contribution in [3.8, 4) is 0 Å². The van der Waals surface area contributed by atoms with Crippen LogP contribution < -0.4 is 0 Å². The van der Waals surface area contributed by atoms with Crippen LogP contribution in [0.2, 0.25) is 0 Å². The van der Waals surface area contributed by atoms with Crippen LogP contribution in [0.5, 0.6) is 0 Å². The maximum atomic E-state index is 6.47. The highest BCUT2D eigenvalue weighted by atomic mass is 16.8. The van der Waals surface area contributed by atoms with Gasteiger partial charge in [-0.25, -0.2) is 0 Å². The van der Waals surface area contributed by atoms with Gasteiger partial charge in [0.25, 0.3) is 0 Å². The molecule has 0 amide bonds. The van der Waals surface area contributed by atoms with Crippen LogP contribution in [-0.2, 0) is 33.2 Å². The van der Waals surface area contributed by atoms with Crippen molar-refractivity contribution in [1.82, 2.24) is 0 Å². The lowest BCUT2D eigenvalue weighted by Gasteiger charge is -2.22. The van der Waals surface area contributed by atoms with Gasteiger partial charge in [-0.3, -0.25) is 0 Å². The molecule has 51 heavy (non-hydrogen) atoms. The second-order valence-corrected chi connectivity index (χ2v) is 13.9. The Morgan fingerprint density at radius 3 is 1.00 bits per heavy atom. The summed E-state index contributed by atoms with van der Waals surface area (Å²) in [6.07, 6.45) is 33.9. The second kappa shape index (κ2) is 41.9. The summed E-state index contributed by atoms with van der Waals surface area (Å²) in [7, 11) is 0. The fraction of sp³-hybridized carbons (Fsp3) is 0.909. The minimum Gasteiger partial charge on any atom is -0.353 e. The van der Waals surface area contributed by atoms with Crippen LogP contribution in [-0.4, -0.2) is 64.8 Å². The highest BCUT2D eigenvalue weighted by Crippen LogP contribution is 2.15. The van der Waals surface area contributed by atoms with Crippen LogP contribution in [0.4, 0.5) is 0 Å². The van der Waals surface area contributed by atoms with E-state index in [1.165, 1.54) is 38.5 Å². The zero-order valence-corrected chi connectivity index (χ0v) is 34.7. The van der Waals surface area contributed by atoms with E-state index < -0.39 is 12.6 Å². The molecule has 0 spiro atoms. The predicted octanol–water partition coefficient (Wildman–Crippen LogP) is 13.0. The number of rotatable bonds is 42. The van der Waals surface area contributed by atoms with Crippen molar-refractivity contribution in [2.45, 2.75) is 221 Å². The first-order valence-electron chi connectivity index (χ1n) is 21.8. The Kier molecular flexibility index (Phi) is 41.3. The van der Waals surface area contributed by atoms with Crippen molar-refractivity contribution in [3.63, 3.8) is 0 Å². The first-order chi connectivity index (χ1) is 25.1. The lowest BCUT2D eigenvalue weighted by atomic mass is 10.1. The average Bonchev–Trinajstić information content (AvgIpc) is 3.13. The summed E-state index contributed by atoms with van der Waals surface area (Å²) in [5, 5.41) is 0. The summed E-state index contributed by atoms with van der Waals surface area (Å²) in [6, 6.07) is 0. The van der Waals surface area contributed by atoms with Crippen molar-refractivity contribution < 1.29 is 33.2 Å². The van der Waals surface area contributed by atoms with Crippen LogP contribution in [0, 0.1) is 0 Å². The Morgan fingerprint density at radius 1 is 0.333 bits per heavy atom. The zero-order chi connectivity index (χ0) is 37.3. The smallest absolute Gasteiger partial charge is 0.180 e. The molecule has 0 aliphatic rings. The Balaban J connectivity index is 5.15. The van der Waals surface area contributed by atoms with Gasteiger partial charge in [-0.05, 0) is 102 Å². The third-order valence-electron chi connectivity index (χ3n) is 8.74. The summed E-state index contributed by atoms with van der Waals surface area (Å²) < 4.78 is 43.2. The van der Waals surface area contributed by atoms with E-state index >= 15 is 0 Å². The molecule has 0 bridgehead atoms. The number of ether oxygens (including phenoxy) is 7. The largest absolute Gasteiger partial charge is 0.353 e. The molecule has 0 saturated carbocycles. The summed E-state index contributed by atoms with van der Waals surface area (Å²) in [5.41, 5.74) is 0. The highest BCUT2D eigenvalue weighted by Gasteiger charge is 2.14. The molecule has 0 aliphatic carbocycles. The fourth-order valence-corrected chi connectivity index (χ4v) is 5.30. The van der Waals surface area contributed by atoms with E-state index in [1.54, 1.807) is 0 Å². The molecule has 0 rings (SSSR count). The zero-order valence-electron chi connectivity index (χ0n) is 34.7. The third-order valence-corrected chi connectivity index (χ3v) is 8.74. The average molecular weight is 727 g/mol. The molecule has 0 saturated heterocycles. The van der Waals surface area contributed by atoms with Crippen molar-refractivity contribution >= 4 is 0 Å². The molecule has 0 aliphatic heterocycles. The maximum Gasteiger partial charge on any atom is 0.180 e. The molecular formula is C44H86O7. The van der Waals surface area contributed by atoms with E-state index in [0.717, 1.165) is 142 Å². The molecule has 304 valence electrons. The van der Waals surface area contributed by atoms with Gasteiger partial charge in [0.2, 0.25) is 0 Å². The van der Waals surface area contributed by atoms with Gasteiger partial charge in [0, 0.05) is 26.4 Å². The lowest BCUT2D eigenvalue weighted by molar-refractivity contribution is -0.208. The van der Waals surface area contributed by atoms with Gasteiger partial charge in [0.1, 0.15) is 0 Å². The van der Waals surface area contributed by atoms with E-state index in [-0.39, 0.29) is 12.6 Å². The molecule has 0 radical (unpaired) electrons. The summed E-state index contributed by atoms with van der Waals surface area (Å²) in [6.45, 7) is 17.8. The molecular weight excluding hydrogens is 640 g/mol. The Morgan fingerprint density at radius 2 is 0.667 bits per heavy atom. The van der Waals surface area contributed by atoms with Crippen molar-refractivity contribution in [2.24, 2.45) is 0 Å². The number of hydrogen-bond acceptors (Lipinski definition) is 7. The quantitative estimate of drug-likeness (QED) is 0.0352. The van der Waals surface area contributed by atoms with Gasteiger partial charge in [0.05, 0.1) is 13.2 Å². The normalized spacial score (nSPS) is 13.5. The monoisotopic (exact) mass is 727 g/mol. The maximum absolute atomic E-state index is 6.47. The Bertz CT molecular complexity index is 638. The van der Waals surface area contributed by atoms with Gasteiger partial charge < -0.3 is 33.2 Å². The van der Waals surface area contributed by atoms with Crippen LogP contribution in [0.15, 0.2) is 24.3 Å². The summed E-state index contributed by atoms with van der Waals surface area (Å²) >= 11 is 0. The molecule has 0 aromatic carbocycles. The third kappa shape index (κ3) is 36.0. The molecule has 0 N–H and O–H groups in total. The molecule has 0 fully saturated rings. The number of hydrogen-bond donors (Lipinski definition) is 0. The molecule has 0 aromatic rings. The van der Waals surface area contributed by atoms with Gasteiger partial charge in [-0.2, -0.15) is 0 Å². The molecule has 0 aromatic heterocycles. The summed E-state index contributed by atoms with van der Waals surface area (Å²) in [4.78, 5) is 0. The Hall–Kier alpha value is -0.800. The van der Waals surface area contributed by atoms with E-state index in [9.17, 15) is 0 Å². The molecule has 2 atom stereocenters. The molecule has 7 heteroatoms. The van der Waals surface area contributed by atoms with E-state index in [1.807, 2.05) is 0 Å². The van der Waals surface area contributed by atoms with E-state index in [0.29, 0.717) is 13.2 Å². The van der Waals surface area contributed by atoms with Crippen LogP contribution in [0.25, 0.3) is 0 Å². The van der Waals surface area contributed by atoms with Gasteiger partial charge in [-0.15, -0.1) is 0 Å². The van der Waals surface area contributed by atoms with Crippen LogP contribution >= 0.6 is 0 Å². The van der Waals surface area contributed by atoms with Crippen molar-refractivity contribution in [2.75, 3.05) is 39.6 Å². The molecule has 7 nitrogen and oxygen atoms in total. The minimum atomic E-state index is -0.430. The lowest BCUT2D eigenvalue weighted by Crippen LogP contribution is -2.25. The van der Waals surface area contributed by atoms with E-state index in [4.69, 9.17) is 33.2 Å². The van der Waals surface area contributed by atoms with Gasteiger partial charge in [0.15, 0.2) is 25.2 Å². The van der Waals surface area contributed by atoms with Crippen LogP contribution in [0.3, 0.4) is 0 Å². The van der Waals surface area contributed by atoms with E-state index in [2.05, 4.69) is 65.8 Å². The SMILES string of the molecule is CCCCCCOC(C=CCCCCC(OCCCC)OCCCC)OC(C=CCCCCC(OCCCC)OCCCC)OCCCCCC. The first kappa shape index (κ1) is 50.2. The summed E-state index contributed by atoms with van der Waals surface area (Å²) in [5.74, 6) is 0. The van der Waals surface area contributed by atoms with Crippen LogP contribution in [0.1, 0.15) is 196 Å². The predicted molar refractivity (Wildman–Crippen MR) is 215 cm³/mol. The topological polar surface area (TPSA) is 64.6 Å². The Labute approximate surface area is 317 Å². The molecule has 2 unspecified atom stereocenters. The van der Waals surface area contributed by atoms with Crippen molar-refractivity contribution in [3.05, 3.63) is 24.3 Å². The first-order valence-corrected chi connectivity index (χ1v) is 21.8. The van der Waals surface area contributed by atoms with Crippen molar-refractivity contribution in [1.29, 1.82) is 0 Å². The number of unbranched alkanes of at least 4 members (excludes halogenated alkanes) is 14. The van der Waals surface area contributed by atoms with Gasteiger partial charge >= 0.3 is 0 Å². The fourth-order valence-electron chi connectivity index (χ4n) is 5.30.